The third-order valence-corrected chi connectivity index (χ3v) is 5.44. The van der Waals surface area contributed by atoms with Crippen molar-refractivity contribution in [2.75, 3.05) is 12.0 Å². The summed E-state index contributed by atoms with van der Waals surface area (Å²) in [5, 5.41) is 11.8. The lowest BCUT2D eigenvalue weighted by molar-refractivity contribution is -0.131. The largest absolute Gasteiger partial charge is 0.487 e. The number of nitrogens with one attached hydrogen (secondary N) is 2. The van der Waals surface area contributed by atoms with Gasteiger partial charge in [-0.1, -0.05) is 36.4 Å². The van der Waals surface area contributed by atoms with Crippen LogP contribution in [-0.2, 0) is 11.4 Å². The van der Waals surface area contributed by atoms with E-state index in [1.807, 2.05) is 54.8 Å². The smallest absolute Gasteiger partial charge is 0.265 e. The van der Waals surface area contributed by atoms with Crippen molar-refractivity contribution in [2.45, 2.75) is 19.1 Å². The highest BCUT2D eigenvalue weighted by molar-refractivity contribution is 7.98. The quantitative estimate of drug-likeness (QED) is 0.298. The van der Waals surface area contributed by atoms with Gasteiger partial charge in [0.25, 0.3) is 11.8 Å². The van der Waals surface area contributed by atoms with Crippen LogP contribution in [0.2, 0.25) is 0 Å². The van der Waals surface area contributed by atoms with Gasteiger partial charge in [-0.25, -0.2) is 5.48 Å². The lowest BCUT2D eigenvalue weighted by Gasteiger charge is -2.18. The zero-order valence-corrected chi connectivity index (χ0v) is 20.0. The number of thioether (sulfide) groups is 1. The number of nitrogens with zero attached hydrogens (tertiary/aromatic N) is 1. The first kappa shape index (κ1) is 26.2. The summed E-state index contributed by atoms with van der Waals surface area (Å²) < 4.78 is 5.79. The number of ether oxygens (including phenoxy) is 1. The number of pyridine rings is 1. The molecule has 1 aromatic heterocycles. The SMILES string of the molecule is CSCCC(NC(=O)c1ccc(COc2cccnc2)cc1-c1ccccc1)C(=O)NO.S. The molecule has 0 radical (unpaired) electrons. The Kier molecular flexibility index (Phi) is 10.8. The van der Waals surface area contributed by atoms with E-state index in [1.54, 1.807) is 41.8 Å². The topological polar surface area (TPSA) is 101 Å². The summed E-state index contributed by atoms with van der Waals surface area (Å²) in [5.41, 5.74) is 4.55. The monoisotopic (exact) mass is 485 g/mol. The Morgan fingerprint density at radius 2 is 1.91 bits per heavy atom. The van der Waals surface area contributed by atoms with Gasteiger partial charge in [-0.3, -0.25) is 19.8 Å². The molecule has 0 bridgehead atoms. The van der Waals surface area contributed by atoms with Gasteiger partial charge in [0.05, 0.1) is 6.20 Å². The average molecular weight is 486 g/mol. The van der Waals surface area contributed by atoms with Crippen molar-refractivity contribution < 1.29 is 19.5 Å². The van der Waals surface area contributed by atoms with Crippen LogP contribution in [0.25, 0.3) is 11.1 Å². The number of amides is 2. The molecule has 0 fully saturated rings. The van der Waals surface area contributed by atoms with E-state index < -0.39 is 17.9 Å². The zero-order chi connectivity index (χ0) is 22.8. The van der Waals surface area contributed by atoms with Crippen molar-refractivity contribution in [1.82, 2.24) is 15.8 Å². The van der Waals surface area contributed by atoms with Crippen LogP contribution < -0.4 is 15.5 Å². The van der Waals surface area contributed by atoms with Crippen LogP contribution in [-0.4, -0.2) is 40.1 Å². The molecule has 2 amide bonds. The van der Waals surface area contributed by atoms with Crippen molar-refractivity contribution >= 4 is 37.1 Å². The summed E-state index contributed by atoms with van der Waals surface area (Å²) in [4.78, 5) is 29.2. The van der Waals surface area contributed by atoms with Crippen LogP contribution in [0.1, 0.15) is 22.3 Å². The number of hydrogen-bond acceptors (Lipinski definition) is 6. The van der Waals surface area contributed by atoms with Crippen LogP contribution in [0.5, 0.6) is 5.75 Å². The molecule has 1 heterocycles. The molecule has 3 rings (SSSR count). The molecule has 0 aliphatic carbocycles. The number of hydrogen-bond donors (Lipinski definition) is 3. The lowest BCUT2D eigenvalue weighted by atomic mass is 9.96. The van der Waals surface area contributed by atoms with Crippen LogP contribution in [0.3, 0.4) is 0 Å². The van der Waals surface area contributed by atoms with Gasteiger partial charge in [-0.05, 0) is 59.4 Å². The highest BCUT2D eigenvalue weighted by Gasteiger charge is 2.22. The molecule has 0 saturated heterocycles. The third kappa shape index (κ3) is 7.52. The summed E-state index contributed by atoms with van der Waals surface area (Å²) in [6, 6.07) is 17.8. The number of benzene rings is 2. The van der Waals surface area contributed by atoms with Gasteiger partial charge in [0.1, 0.15) is 18.4 Å². The zero-order valence-electron chi connectivity index (χ0n) is 18.2. The minimum atomic E-state index is -0.836. The van der Waals surface area contributed by atoms with E-state index in [-0.39, 0.29) is 13.5 Å². The van der Waals surface area contributed by atoms with Crippen LogP contribution in [0, 0.1) is 0 Å². The van der Waals surface area contributed by atoms with Crippen molar-refractivity contribution in [3.05, 3.63) is 84.2 Å². The summed E-state index contributed by atoms with van der Waals surface area (Å²) >= 11 is 1.56. The van der Waals surface area contributed by atoms with Crippen LogP contribution in [0.15, 0.2) is 73.1 Å². The number of aromatic nitrogens is 1. The molecule has 3 N–H and O–H groups in total. The summed E-state index contributed by atoms with van der Waals surface area (Å²) in [5.74, 6) is 0.282. The number of carbonyl (C=O) groups is 2. The maximum Gasteiger partial charge on any atom is 0.265 e. The van der Waals surface area contributed by atoms with Crippen molar-refractivity contribution in [2.24, 2.45) is 0 Å². The lowest BCUT2D eigenvalue weighted by Crippen LogP contribution is -2.46. The minimum Gasteiger partial charge on any atom is -0.487 e. The molecule has 0 saturated carbocycles. The van der Waals surface area contributed by atoms with Crippen molar-refractivity contribution in [3.8, 4) is 16.9 Å². The fourth-order valence-electron chi connectivity index (χ4n) is 3.15. The molecule has 33 heavy (non-hydrogen) atoms. The van der Waals surface area contributed by atoms with E-state index in [0.717, 1.165) is 16.7 Å². The maximum absolute atomic E-state index is 13.1. The molecule has 174 valence electrons. The second-order valence-corrected chi connectivity index (χ2v) is 7.99. The molecule has 0 spiro atoms. The van der Waals surface area contributed by atoms with Crippen molar-refractivity contribution in [3.63, 3.8) is 0 Å². The Hall–Kier alpha value is -3.01. The molecule has 3 aromatic rings. The van der Waals surface area contributed by atoms with Gasteiger partial charge >= 0.3 is 0 Å². The van der Waals surface area contributed by atoms with Gasteiger partial charge < -0.3 is 10.1 Å². The number of hydroxylamine groups is 1. The Morgan fingerprint density at radius 3 is 2.58 bits per heavy atom. The Bertz CT molecular complexity index is 1040. The van der Waals surface area contributed by atoms with Crippen molar-refractivity contribution in [1.29, 1.82) is 0 Å². The Morgan fingerprint density at radius 1 is 1.12 bits per heavy atom. The third-order valence-electron chi connectivity index (χ3n) is 4.80. The second kappa shape index (κ2) is 13.5. The first-order chi connectivity index (χ1) is 15.6. The van der Waals surface area contributed by atoms with Gasteiger partial charge in [-0.2, -0.15) is 25.3 Å². The van der Waals surface area contributed by atoms with E-state index in [9.17, 15) is 9.59 Å². The maximum atomic E-state index is 13.1. The number of carbonyl (C=O) groups excluding carboxylic acids is 2. The van der Waals surface area contributed by atoms with E-state index in [0.29, 0.717) is 30.1 Å². The molecule has 1 atom stereocenters. The predicted molar refractivity (Wildman–Crippen MR) is 135 cm³/mol. The first-order valence-corrected chi connectivity index (χ1v) is 11.5. The van der Waals surface area contributed by atoms with E-state index in [4.69, 9.17) is 9.94 Å². The predicted octanol–water partition coefficient (Wildman–Crippen LogP) is 3.80. The van der Waals surface area contributed by atoms with Crippen LogP contribution >= 0.6 is 25.3 Å². The second-order valence-electron chi connectivity index (χ2n) is 7.01. The normalized spacial score (nSPS) is 11.1. The first-order valence-electron chi connectivity index (χ1n) is 10.1. The molecular weight excluding hydrogens is 458 g/mol. The van der Waals surface area contributed by atoms with E-state index in [1.165, 1.54) is 0 Å². The Balaban J connectivity index is 0.00000385. The van der Waals surface area contributed by atoms with Gasteiger partial charge in [0, 0.05) is 11.8 Å². The number of rotatable bonds is 10. The Labute approximate surface area is 204 Å². The van der Waals surface area contributed by atoms with Crippen LogP contribution in [0.4, 0.5) is 0 Å². The van der Waals surface area contributed by atoms with E-state index >= 15 is 0 Å². The highest BCUT2D eigenvalue weighted by atomic mass is 32.2. The molecule has 1 unspecified atom stereocenters. The average Bonchev–Trinajstić information content (AvgIpc) is 2.85. The summed E-state index contributed by atoms with van der Waals surface area (Å²) in [7, 11) is 0. The molecule has 0 aliphatic rings. The standard InChI is InChI=1S/C24H25N3O4S.H2S/c1-32-13-11-22(24(29)27-30)26-23(28)20-10-9-17(16-31-19-8-5-12-25-15-19)14-21(20)18-6-3-2-4-7-18;/h2-10,12,14-15,22,30H,11,13,16H2,1H3,(H,26,28)(H,27,29);1H2. The molecule has 9 heteroatoms. The minimum absolute atomic E-state index is 0. The molecule has 0 aliphatic heterocycles. The van der Waals surface area contributed by atoms with Gasteiger partial charge in [0.15, 0.2) is 0 Å². The highest BCUT2D eigenvalue weighted by Crippen LogP contribution is 2.26. The van der Waals surface area contributed by atoms with Gasteiger partial charge in [-0.15, -0.1) is 0 Å². The molecule has 2 aromatic carbocycles. The summed E-state index contributed by atoms with van der Waals surface area (Å²) in [6.07, 6.45) is 5.63. The van der Waals surface area contributed by atoms with Gasteiger partial charge in [0.2, 0.25) is 0 Å². The fraction of sp³-hybridized carbons (Fsp3) is 0.208. The molecular formula is C24H27N3O4S2. The fourth-order valence-corrected chi connectivity index (χ4v) is 3.62. The molecule has 7 nitrogen and oxygen atoms in total. The van der Waals surface area contributed by atoms with E-state index in [2.05, 4.69) is 10.3 Å². The summed E-state index contributed by atoms with van der Waals surface area (Å²) in [6.45, 7) is 0.316.